The van der Waals surface area contributed by atoms with E-state index in [0.29, 0.717) is 24.1 Å². The zero-order valence-electron chi connectivity index (χ0n) is 18.6. The smallest absolute Gasteiger partial charge is 0.191 e. The van der Waals surface area contributed by atoms with E-state index < -0.39 is 0 Å². The Labute approximate surface area is 170 Å². The summed E-state index contributed by atoms with van der Waals surface area (Å²) < 4.78 is 8.21. The number of nitrogens with zero attached hydrogens (tertiary/aromatic N) is 3. The lowest BCUT2D eigenvalue weighted by Crippen LogP contribution is -2.50. The Kier molecular flexibility index (Phi) is 6.69. The first-order valence-corrected chi connectivity index (χ1v) is 10.9. The molecule has 28 heavy (non-hydrogen) atoms. The number of fused-ring (bicyclic) bond motifs is 1. The minimum Gasteiger partial charge on any atom is -0.377 e. The summed E-state index contributed by atoms with van der Waals surface area (Å²) in [4.78, 5) is 4.47. The van der Waals surface area contributed by atoms with Crippen molar-refractivity contribution in [1.29, 1.82) is 0 Å². The third-order valence-electron chi connectivity index (χ3n) is 6.02. The van der Waals surface area contributed by atoms with Crippen LogP contribution in [0.25, 0.3) is 0 Å². The Balaban J connectivity index is 1.54. The number of hydrogen-bond donors (Lipinski definition) is 2. The summed E-state index contributed by atoms with van der Waals surface area (Å²) in [6.07, 6.45) is 8.05. The molecule has 1 aliphatic heterocycles. The minimum atomic E-state index is 0.165. The van der Waals surface area contributed by atoms with Crippen LogP contribution in [0.4, 0.5) is 0 Å². The second kappa shape index (κ2) is 8.85. The van der Waals surface area contributed by atoms with Crippen molar-refractivity contribution < 1.29 is 4.74 Å². The van der Waals surface area contributed by atoms with Crippen molar-refractivity contribution in [3.63, 3.8) is 0 Å². The number of ether oxygens (including phenoxy) is 1. The van der Waals surface area contributed by atoms with Crippen LogP contribution in [0.5, 0.6) is 0 Å². The highest BCUT2D eigenvalue weighted by Crippen LogP contribution is 2.33. The fourth-order valence-electron chi connectivity index (χ4n) is 4.53. The number of hydrogen-bond acceptors (Lipinski definition) is 3. The van der Waals surface area contributed by atoms with Gasteiger partial charge in [0.05, 0.1) is 11.8 Å². The predicted octanol–water partition coefficient (Wildman–Crippen LogP) is 3.33. The quantitative estimate of drug-likeness (QED) is 0.612. The SMILES string of the molecule is CN=C(NCC1CCCOC1C(C)(C)C)NC1CCc2cn(C(C)C)nc2C1. The van der Waals surface area contributed by atoms with E-state index in [0.717, 1.165) is 44.8 Å². The van der Waals surface area contributed by atoms with Crippen LogP contribution in [0, 0.1) is 11.3 Å². The van der Waals surface area contributed by atoms with Gasteiger partial charge in [0.1, 0.15) is 0 Å². The molecule has 0 bridgehead atoms. The number of aromatic nitrogens is 2. The van der Waals surface area contributed by atoms with Gasteiger partial charge >= 0.3 is 0 Å². The summed E-state index contributed by atoms with van der Waals surface area (Å²) in [5.41, 5.74) is 2.81. The van der Waals surface area contributed by atoms with E-state index in [2.05, 4.69) is 61.1 Å². The fraction of sp³-hybridized carbons (Fsp3) is 0.818. The maximum absolute atomic E-state index is 6.12. The first-order chi connectivity index (χ1) is 13.3. The third kappa shape index (κ3) is 5.07. The highest BCUT2D eigenvalue weighted by Gasteiger charge is 2.35. The molecule has 3 unspecified atom stereocenters. The second-order valence-corrected chi connectivity index (χ2v) is 9.77. The lowest BCUT2D eigenvalue weighted by molar-refractivity contribution is -0.0835. The number of aryl methyl sites for hydroxylation is 1. The molecule has 158 valence electrons. The summed E-state index contributed by atoms with van der Waals surface area (Å²) >= 11 is 0. The molecule has 3 atom stereocenters. The lowest BCUT2D eigenvalue weighted by atomic mass is 9.78. The van der Waals surface area contributed by atoms with Crippen LogP contribution in [0.3, 0.4) is 0 Å². The molecule has 2 heterocycles. The Morgan fingerprint density at radius 3 is 2.82 bits per heavy atom. The van der Waals surface area contributed by atoms with Gasteiger partial charge in [-0.25, -0.2) is 0 Å². The van der Waals surface area contributed by atoms with Crippen LogP contribution in [0.1, 0.15) is 71.2 Å². The first kappa shape index (κ1) is 21.2. The summed E-state index contributed by atoms with van der Waals surface area (Å²) in [6.45, 7) is 13.0. The Morgan fingerprint density at radius 2 is 2.14 bits per heavy atom. The van der Waals surface area contributed by atoms with Crippen LogP contribution in [0.2, 0.25) is 0 Å². The molecule has 6 heteroatoms. The predicted molar refractivity (Wildman–Crippen MR) is 115 cm³/mol. The third-order valence-corrected chi connectivity index (χ3v) is 6.02. The summed E-state index contributed by atoms with van der Waals surface area (Å²) in [5.74, 6) is 1.42. The zero-order valence-corrected chi connectivity index (χ0v) is 18.6. The Morgan fingerprint density at radius 1 is 1.36 bits per heavy atom. The van der Waals surface area contributed by atoms with E-state index >= 15 is 0 Å². The monoisotopic (exact) mass is 389 g/mol. The van der Waals surface area contributed by atoms with Crippen molar-refractivity contribution >= 4 is 5.96 Å². The molecule has 1 fully saturated rings. The highest BCUT2D eigenvalue weighted by atomic mass is 16.5. The molecule has 3 rings (SSSR count). The van der Waals surface area contributed by atoms with Gasteiger partial charge in [-0.2, -0.15) is 5.10 Å². The fourth-order valence-corrected chi connectivity index (χ4v) is 4.53. The molecule has 0 amide bonds. The molecular weight excluding hydrogens is 350 g/mol. The molecular formula is C22H39N5O. The van der Waals surface area contributed by atoms with E-state index in [4.69, 9.17) is 9.84 Å². The molecule has 1 aromatic heterocycles. The van der Waals surface area contributed by atoms with Gasteiger partial charge in [0.15, 0.2) is 5.96 Å². The lowest BCUT2D eigenvalue weighted by Gasteiger charge is -2.40. The van der Waals surface area contributed by atoms with Gasteiger partial charge in [0.25, 0.3) is 0 Å². The van der Waals surface area contributed by atoms with E-state index in [1.807, 2.05) is 7.05 Å². The molecule has 0 saturated carbocycles. The van der Waals surface area contributed by atoms with Crippen molar-refractivity contribution in [3.05, 3.63) is 17.5 Å². The normalized spacial score (nSPS) is 26.2. The molecule has 1 aliphatic carbocycles. The number of guanidine groups is 1. The van der Waals surface area contributed by atoms with Crippen LogP contribution >= 0.6 is 0 Å². The van der Waals surface area contributed by atoms with Crippen molar-refractivity contribution in [2.75, 3.05) is 20.2 Å². The molecule has 0 aromatic carbocycles. The number of rotatable bonds is 4. The number of nitrogens with one attached hydrogen (secondary N) is 2. The maximum Gasteiger partial charge on any atom is 0.191 e. The van der Waals surface area contributed by atoms with E-state index in [1.54, 1.807) is 0 Å². The molecule has 2 N–H and O–H groups in total. The van der Waals surface area contributed by atoms with Gasteiger partial charge in [-0.3, -0.25) is 9.67 Å². The molecule has 0 radical (unpaired) electrons. The van der Waals surface area contributed by atoms with Gasteiger partial charge < -0.3 is 15.4 Å². The maximum atomic E-state index is 6.12. The molecule has 6 nitrogen and oxygen atoms in total. The van der Waals surface area contributed by atoms with Crippen LogP contribution in [-0.2, 0) is 17.6 Å². The van der Waals surface area contributed by atoms with Gasteiger partial charge in [0.2, 0.25) is 0 Å². The Bertz CT molecular complexity index is 673. The van der Waals surface area contributed by atoms with Gasteiger partial charge in [-0.15, -0.1) is 0 Å². The average molecular weight is 390 g/mol. The topological polar surface area (TPSA) is 63.5 Å². The summed E-state index contributed by atoms with van der Waals surface area (Å²) in [6, 6.07) is 0.801. The zero-order chi connectivity index (χ0) is 20.3. The van der Waals surface area contributed by atoms with Crippen LogP contribution in [-0.4, -0.2) is 48.1 Å². The van der Waals surface area contributed by atoms with E-state index in [9.17, 15) is 0 Å². The van der Waals surface area contributed by atoms with E-state index in [1.165, 1.54) is 17.7 Å². The van der Waals surface area contributed by atoms with Crippen LogP contribution in [0.15, 0.2) is 11.2 Å². The summed E-state index contributed by atoms with van der Waals surface area (Å²) in [5, 5.41) is 12.0. The molecule has 1 saturated heterocycles. The Hall–Kier alpha value is -1.56. The van der Waals surface area contributed by atoms with Gasteiger partial charge in [-0.05, 0) is 50.5 Å². The van der Waals surface area contributed by atoms with Crippen LogP contribution < -0.4 is 10.6 Å². The van der Waals surface area contributed by atoms with E-state index in [-0.39, 0.29) is 5.41 Å². The highest BCUT2D eigenvalue weighted by molar-refractivity contribution is 5.80. The summed E-state index contributed by atoms with van der Waals surface area (Å²) in [7, 11) is 1.86. The standard InChI is InChI=1S/C22H39N5O/c1-15(2)27-14-17-9-10-18(12-19(17)26-27)25-21(23-6)24-13-16-8-7-11-28-20(16)22(3,4)5/h14-16,18,20H,7-13H2,1-6H3,(H2,23,24,25). The second-order valence-electron chi connectivity index (χ2n) is 9.77. The molecule has 0 spiro atoms. The molecule has 1 aromatic rings. The largest absolute Gasteiger partial charge is 0.377 e. The van der Waals surface area contributed by atoms with Gasteiger partial charge in [0, 0.05) is 50.8 Å². The average Bonchev–Trinajstić information content (AvgIpc) is 3.08. The van der Waals surface area contributed by atoms with Gasteiger partial charge in [-0.1, -0.05) is 20.8 Å². The minimum absolute atomic E-state index is 0.165. The number of aliphatic imine (C=N–C) groups is 1. The van der Waals surface area contributed by atoms with Crippen molar-refractivity contribution in [2.45, 2.75) is 84.9 Å². The van der Waals surface area contributed by atoms with Crippen molar-refractivity contribution in [1.82, 2.24) is 20.4 Å². The molecule has 2 aliphatic rings. The van der Waals surface area contributed by atoms with Crippen molar-refractivity contribution in [2.24, 2.45) is 16.3 Å². The van der Waals surface area contributed by atoms with Crippen molar-refractivity contribution in [3.8, 4) is 0 Å². The first-order valence-electron chi connectivity index (χ1n) is 10.9.